The first-order chi connectivity index (χ1) is 15.8. The molecular weight excluding hydrogens is 422 g/mol. The van der Waals surface area contributed by atoms with Crippen LogP contribution in [0.15, 0.2) is 24.3 Å². The Bertz CT molecular complexity index is 1080. The normalized spacial score (nSPS) is 24.2. The van der Waals surface area contributed by atoms with Crippen molar-refractivity contribution in [2.75, 3.05) is 0 Å². The zero-order valence-corrected chi connectivity index (χ0v) is 19.1. The molecular formula is C26H31NO6. The van der Waals surface area contributed by atoms with Crippen LogP contribution in [-0.4, -0.2) is 40.9 Å². The third kappa shape index (κ3) is 4.92. The van der Waals surface area contributed by atoms with E-state index in [9.17, 15) is 24.6 Å². The summed E-state index contributed by atoms with van der Waals surface area (Å²) in [5, 5.41) is 23.4. The molecule has 33 heavy (non-hydrogen) atoms. The fourth-order valence-electron chi connectivity index (χ4n) is 5.50. The average molecular weight is 454 g/mol. The summed E-state index contributed by atoms with van der Waals surface area (Å²) >= 11 is 0. The molecule has 0 bridgehead atoms. The highest BCUT2D eigenvalue weighted by molar-refractivity contribution is 6.19. The van der Waals surface area contributed by atoms with Gasteiger partial charge in [-0.05, 0) is 73.6 Å². The Labute approximate surface area is 193 Å². The second-order valence-corrected chi connectivity index (χ2v) is 9.43. The van der Waals surface area contributed by atoms with E-state index in [1.54, 1.807) is 6.07 Å². The highest BCUT2D eigenvalue weighted by Crippen LogP contribution is 2.43. The number of carbonyl (C=O) groups is 4. The van der Waals surface area contributed by atoms with Gasteiger partial charge in [0.15, 0.2) is 0 Å². The van der Waals surface area contributed by atoms with Crippen LogP contribution in [0.1, 0.15) is 94.9 Å². The minimum atomic E-state index is -1.16. The van der Waals surface area contributed by atoms with Gasteiger partial charge in [-0.15, -0.1) is 0 Å². The zero-order valence-electron chi connectivity index (χ0n) is 19.1. The van der Waals surface area contributed by atoms with E-state index < -0.39 is 11.9 Å². The summed E-state index contributed by atoms with van der Waals surface area (Å²) in [6.07, 6.45) is 5.75. The second kappa shape index (κ2) is 10.1. The van der Waals surface area contributed by atoms with Crippen molar-refractivity contribution in [2.24, 2.45) is 11.8 Å². The maximum absolute atomic E-state index is 13.2. The van der Waals surface area contributed by atoms with Crippen LogP contribution in [0.5, 0.6) is 0 Å². The van der Waals surface area contributed by atoms with Gasteiger partial charge in [-0.1, -0.05) is 26.3 Å². The summed E-state index contributed by atoms with van der Waals surface area (Å²) in [4.78, 5) is 45.3. The molecule has 0 aliphatic heterocycles. The van der Waals surface area contributed by atoms with Gasteiger partial charge in [-0.25, -0.2) is 9.59 Å². The Kier molecular flexibility index (Phi) is 7.51. The first-order valence-corrected chi connectivity index (χ1v) is 11.4. The number of carboxylic acid groups (broad SMARTS) is 2. The number of benzene rings is 2. The lowest BCUT2D eigenvalue weighted by molar-refractivity contribution is -0.0980. The van der Waals surface area contributed by atoms with Crippen molar-refractivity contribution in [2.45, 2.75) is 64.3 Å². The molecule has 7 heteroatoms. The highest BCUT2D eigenvalue weighted by atomic mass is 16.4. The largest absolute Gasteiger partial charge is 0.478 e. The minimum absolute atomic E-state index is 0.0298. The third-order valence-electron chi connectivity index (χ3n) is 7.06. The van der Waals surface area contributed by atoms with Crippen molar-refractivity contribution in [1.82, 2.24) is 5.32 Å². The fourth-order valence-corrected chi connectivity index (χ4v) is 5.50. The molecule has 2 saturated carbocycles. The lowest BCUT2D eigenvalue weighted by Crippen LogP contribution is -2.33. The number of carbonyl (C=O) groups excluding carboxylic acids is 2. The maximum Gasteiger partial charge on any atom is 0.336 e. The quantitative estimate of drug-likeness (QED) is 0.594. The number of hydrogen-bond acceptors (Lipinski definition) is 4. The van der Waals surface area contributed by atoms with E-state index in [4.69, 9.17) is 4.79 Å². The van der Waals surface area contributed by atoms with Crippen LogP contribution in [0.25, 0.3) is 10.8 Å². The van der Waals surface area contributed by atoms with Crippen molar-refractivity contribution in [3.05, 3.63) is 46.5 Å². The van der Waals surface area contributed by atoms with E-state index in [1.807, 2.05) is 6.79 Å². The van der Waals surface area contributed by atoms with E-state index in [1.165, 1.54) is 18.2 Å². The minimum Gasteiger partial charge on any atom is -0.478 e. The van der Waals surface area contributed by atoms with E-state index in [0.29, 0.717) is 17.2 Å². The Morgan fingerprint density at radius 2 is 1.33 bits per heavy atom. The predicted octanol–water partition coefficient (Wildman–Crippen LogP) is 4.87. The van der Waals surface area contributed by atoms with Crippen molar-refractivity contribution in [3.8, 4) is 0 Å². The Morgan fingerprint density at radius 3 is 1.88 bits per heavy atom. The summed E-state index contributed by atoms with van der Waals surface area (Å²) in [7, 11) is 0. The van der Waals surface area contributed by atoms with Crippen LogP contribution in [0.2, 0.25) is 0 Å². The molecule has 4 rings (SSSR count). The fraction of sp³-hybridized carbons (Fsp3) is 0.462. The molecule has 0 spiro atoms. The van der Waals surface area contributed by atoms with Gasteiger partial charge in [0.1, 0.15) is 6.79 Å². The van der Waals surface area contributed by atoms with Crippen molar-refractivity contribution in [3.63, 3.8) is 0 Å². The van der Waals surface area contributed by atoms with E-state index in [-0.39, 0.29) is 39.9 Å². The van der Waals surface area contributed by atoms with Crippen LogP contribution in [0.4, 0.5) is 0 Å². The molecule has 0 saturated heterocycles. The molecule has 2 aromatic rings. The predicted molar refractivity (Wildman–Crippen MR) is 125 cm³/mol. The van der Waals surface area contributed by atoms with Gasteiger partial charge in [0.2, 0.25) is 0 Å². The zero-order chi connectivity index (χ0) is 24.3. The number of amides is 1. The van der Waals surface area contributed by atoms with E-state index >= 15 is 0 Å². The molecule has 4 atom stereocenters. The van der Waals surface area contributed by atoms with Crippen molar-refractivity contribution >= 4 is 35.4 Å². The van der Waals surface area contributed by atoms with Crippen LogP contribution in [0.3, 0.4) is 0 Å². The summed E-state index contributed by atoms with van der Waals surface area (Å²) in [6.45, 7) is 6.33. The summed E-state index contributed by atoms with van der Waals surface area (Å²) in [5.41, 5.74) is 1.10. The summed E-state index contributed by atoms with van der Waals surface area (Å²) in [6, 6.07) is 6.26. The molecule has 176 valence electrons. The Balaban J connectivity index is 0.00000149. The SMILES string of the molecule is C=O.CC1CCC(NC(=O)c2ccc(C(=O)O)c3c(C4CCC(C)C4)ccc(C(=O)O)c23)C1. The van der Waals surface area contributed by atoms with Crippen molar-refractivity contribution in [1.29, 1.82) is 0 Å². The molecule has 0 radical (unpaired) electrons. The molecule has 2 aromatic carbocycles. The van der Waals surface area contributed by atoms with Gasteiger partial charge in [-0.2, -0.15) is 0 Å². The topological polar surface area (TPSA) is 121 Å². The Hall–Kier alpha value is -3.22. The molecule has 3 N–H and O–H groups in total. The molecule has 0 heterocycles. The number of rotatable bonds is 5. The van der Waals surface area contributed by atoms with E-state index in [2.05, 4.69) is 19.2 Å². The standard InChI is InChI=1S/C25H29NO5.CH2O/c1-13-3-5-15(11-13)17-7-9-20(25(30)31)22-18(8-10-19(21(17)22)24(28)29)23(27)26-16-6-4-14(2)12-16;1-2/h7-10,13-16H,3-6,11-12H2,1-2H3,(H,26,27)(H,28,29)(H,30,31);1H2. The lowest BCUT2D eigenvalue weighted by Gasteiger charge is -2.20. The van der Waals surface area contributed by atoms with Crippen LogP contribution < -0.4 is 5.32 Å². The molecule has 4 unspecified atom stereocenters. The number of carboxylic acids is 2. The van der Waals surface area contributed by atoms with Gasteiger partial charge >= 0.3 is 11.9 Å². The number of aromatic carboxylic acids is 2. The molecule has 2 fully saturated rings. The average Bonchev–Trinajstić information content (AvgIpc) is 3.40. The molecule has 0 aromatic heterocycles. The second-order valence-electron chi connectivity index (χ2n) is 9.43. The monoisotopic (exact) mass is 453 g/mol. The van der Waals surface area contributed by atoms with Gasteiger partial charge in [0.05, 0.1) is 11.1 Å². The first-order valence-electron chi connectivity index (χ1n) is 11.4. The molecule has 1 amide bonds. The molecule has 7 nitrogen and oxygen atoms in total. The molecule has 2 aliphatic rings. The lowest BCUT2D eigenvalue weighted by atomic mass is 9.85. The summed E-state index contributed by atoms with van der Waals surface area (Å²) in [5.74, 6) is -1.38. The van der Waals surface area contributed by atoms with Gasteiger partial charge in [-0.3, -0.25) is 4.79 Å². The third-order valence-corrected chi connectivity index (χ3v) is 7.06. The van der Waals surface area contributed by atoms with Gasteiger partial charge in [0.25, 0.3) is 5.91 Å². The smallest absolute Gasteiger partial charge is 0.336 e. The number of fused-ring (bicyclic) bond motifs is 1. The van der Waals surface area contributed by atoms with Crippen LogP contribution >= 0.6 is 0 Å². The Morgan fingerprint density at radius 1 is 0.788 bits per heavy atom. The number of hydrogen-bond donors (Lipinski definition) is 3. The van der Waals surface area contributed by atoms with Crippen molar-refractivity contribution < 1.29 is 29.4 Å². The van der Waals surface area contributed by atoms with Gasteiger partial charge in [0, 0.05) is 22.4 Å². The first kappa shape index (κ1) is 24.4. The maximum atomic E-state index is 13.2. The van der Waals surface area contributed by atoms with Gasteiger partial charge < -0.3 is 20.3 Å². The number of nitrogens with one attached hydrogen (secondary N) is 1. The van der Waals surface area contributed by atoms with Crippen LogP contribution in [0, 0.1) is 11.8 Å². The highest BCUT2D eigenvalue weighted by Gasteiger charge is 2.30. The summed E-state index contributed by atoms with van der Waals surface area (Å²) < 4.78 is 0. The van der Waals surface area contributed by atoms with Crippen LogP contribution in [-0.2, 0) is 4.79 Å². The van der Waals surface area contributed by atoms with E-state index in [0.717, 1.165) is 44.1 Å². The molecule has 2 aliphatic carbocycles.